The summed E-state index contributed by atoms with van der Waals surface area (Å²) in [4.78, 5) is 3.95. The average Bonchev–Trinajstić information content (AvgIpc) is 2.71. The van der Waals surface area contributed by atoms with Crippen molar-refractivity contribution in [3.8, 4) is 0 Å². The van der Waals surface area contributed by atoms with Crippen molar-refractivity contribution in [2.24, 2.45) is 11.8 Å². The first-order chi connectivity index (χ1) is 9.80. The molecule has 3 nitrogen and oxygen atoms in total. The standard InChI is InChI=1S/C17H29NO2Si/c1-17(2,3)18-21(4,5)16-13-9-7-6-8-12(13)14-15(16)20-11-10-19-14/h6-9,12-16,18H,10-11H2,1-5H3. The number of rotatable bonds is 2. The van der Waals surface area contributed by atoms with Crippen LogP contribution in [0.5, 0.6) is 0 Å². The Bertz CT molecular complexity index is 452. The number of allylic oxidation sites excluding steroid dienone is 3. The van der Waals surface area contributed by atoms with E-state index in [0.29, 0.717) is 17.4 Å². The minimum atomic E-state index is -1.66. The molecule has 2 aliphatic carbocycles. The molecule has 1 N–H and O–H groups in total. The lowest BCUT2D eigenvalue weighted by Crippen LogP contribution is -2.60. The first-order valence-electron chi connectivity index (χ1n) is 8.17. The van der Waals surface area contributed by atoms with E-state index in [0.717, 1.165) is 13.2 Å². The van der Waals surface area contributed by atoms with Crippen LogP contribution in [0.25, 0.3) is 0 Å². The maximum atomic E-state index is 6.21. The van der Waals surface area contributed by atoms with Gasteiger partial charge in [-0.05, 0) is 26.7 Å². The molecule has 5 atom stereocenters. The van der Waals surface area contributed by atoms with Gasteiger partial charge >= 0.3 is 0 Å². The Morgan fingerprint density at radius 2 is 1.52 bits per heavy atom. The number of hydrogen-bond donors (Lipinski definition) is 1. The Balaban J connectivity index is 1.92. The number of fused-ring (bicyclic) bond motifs is 3. The lowest BCUT2D eigenvalue weighted by atomic mass is 9.90. The predicted molar refractivity (Wildman–Crippen MR) is 88.9 cm³/mol. The fourth-order valence-electron chi connectivity index (χ4n) is 4.69. The molecule has 21 heavy (non-hydrogen) atoms. The Hall–Kier alpha value is -0.423. The molecule has 0 aromatic carbocycles. The van der Waals surface area contributed by atoms with E-state index < -0.39 is 8.24 Å². The van der Waals surface area contributed by atoms with Crippen molar-refractivity contribution >= 4 is 8.24 Å². The molecular weight excluding hydrogens is 278 g/mol. The topological polar surface area (TPSA) is 30.5 Å². The van der Waals surface area contributed by atoms with Gasteiger partial charge in [0.25, 0.3) is 0 Å². The van der Waals surface area contributed by atoms with Gasteiger partial charge in [-0.15, -0.1) is 0 Å². The van der Waals surface area contributed by atoms with Gasteiger partial charge in [-0.3, -0.25) is 0 Å². The second-order valence-electron chi connectivity index (χ2n) is 8.22. The van der Waals surface area contributed by atoms with Gasteiger partial charge < -0.3 is 14.5 Å². The minimum absolute atomic E-state index is 0.146. The molecule has 0 bridgehead atoms. The lowest BCUT2D eigenvalue weighted by Gasteiger charge is -2.43. The molecule has 5 unspecified atom stereocenters. The summed E-state index contributed by atoms with van der Waals surface area (Å²) < 4.78 is 12.3. The maximum absolute atomic E-state index is 6.21. The summed E-state index contributed by atoms with van der Waals surface area (Å²) in [6.45, 7) is 13.2. The van der Waals surface area contributed by atoms with Crippen molar-refractivity contribution in [1.29, 1.82) is 0 Å². The third-order valence-electron chi connectivity index (χ3n) is 4.93. The fraction of sp³-hybridized carbons (Fsp3) is 0.765. The molecule has 118 valence electrons. The van der Waals surface area contributed by atoms with Crippen LogP contribution in [0, 0.1) is 11.8 Å². The molecule has 3 aliphatic rings. The van der Waals surface area contributed by atoms with E-state index >= 15 is 0 Å². The molecule has 1 heterocycles. The number of hydrogen-bond acceptors (Lipinski definition) is 3. The van der Waals surface area contributed by atoms with Crippen LogP contribution in [0.4, 0.5) is 0 Å². The molecule has 1 saturated heterocycles. The summed E-state index contributed by atoms with van der Waals surface area (Å²) in [6.07, 6.45) is 9.58. The largest absolute Gasteiger partial charge is 0.373 e. The van der Waals surface area contributed by atoms with Crippen LogP contribution in [-0.4, -0.2) is 39.2 Å². The Labute approximate surface area is 129 Å². The highest BCUT2D eigenvalue weighted by Crippen LogP contribution is 2.52. The van der Waals surface area contributed by atoms with Gasteiger partial charge in [0.15, 0.2) is 0 Å². The van der Waals surface area contributed by atoms with E-state index in [4.69, 9.17) is 9.47 Å². The highest BCUT2D eigenvalue weighted by Gasteiger charge is 2.57. The molecule has 3 rings (SSSR count). The molecule has 0 radical (unpaired) electrons. The first kappa shape index (κ1) is 15.5. The van der Waals surface area contributed by atoms with E-state index in [1.54, 1.807) is 0 Å². The Kier molecular flexibility index (Phi) is 3.93. The van der Waals surface area contributed by atoms with Crippen LogP contribution < -0.4 is 4.98 Å². The van der Waals surface area contributed by atoms with Crippen molar-refractivity contribution in [2.45, 2.75) is 57.2 Å². The van der Waals surface area contributed by atoms with Crippen LogP contribution in [0.1, 0.15) is 20.8 Å². The van der Waals surface area contributed by atoms with Crippen molar-refractivity contribution in [3.05, 3.63) is 24.3 Å². The quantitative estimate of drug-likeness (QED) is 0.795. The summed E-state index contributed by atoms with van der Waals surface area (Å²) in [5.74, 6) is 1.04. The monoisotopic (exact) mass is 307 g/mol. The summed E-state index contributed by atoms with van der Waals surface area (Å²) in [6, 6.07) is 0. The Morgan fingerprint density at radius 1 is 0.952 bits per heavy atom. The van der Waals surface area contributed by atoms with Crippen molar-refractivity contribution < 1.29 is 9.47 Å². The van der Waals surface area contributed by atoms with E-state index in [9.17, 15) is 0 Å². The fourth-order valence-corrected chi connectivity index (χ4v) is 9.19. The summed E-state index contributed by atoms with van der Waals surface area (Å²) in [7, 11) is -1.66. The molecule has 0 aromatic heterocycles. The zero-order chi connectivity index (χ0) is 15.3. The van der Waals surface area contributed by atoms with Crippen LogP contribution in [0.3, 0.4) is 0 Å². The minimum Gasteiger partial charge on any atom is -0.373 e. The van der Waals surface area contributed by atoms with E-state index in [2.05, 4.69) is 63.2 Å². The second kappa shape index (κ2) is 5.34. The molecule has 1 saturated carbocycles. The summed E-state index contributed by atoms with van der Waals surface area (Å²) in [5.41, 5.74) is 0.709. The average molecular weight is 308 g/mol. The SMILES string of the molecule is CC(C)(C)N[Si](C)(C)C1C2C=CC=CC2C2OCCOC21. The normalized spacial score (nSPS) is 39.2. The van der Waals surface area contributed by atoms with E-state index in [-0.39, 0.29) is 17.7 Å². The van der Waals surface area contributed by atoms with Crippen molar-refractivity contribution in [1.82, 2.24) is 4.98 Å². The second-order valence-corrected chi connectivity index (χ2v) is 12.6. The highest BCUT2D eigenvalue weighted by molar-refractivity contribution is 6.77. The highest BCUT2D eigenvalue weighted by atomic mass is 28.3. The van der Waals surface area contributed by atoms with Crippen LogP contribution in [-0.2, 0) is 9.47 Å². The van der Waals surface area contributed by atoms with Gasteiger partial charge in [-0.1, -0.05) is 37.4 Å². The van der Waals surface area contributed by atoms with Gasteiger partial charge in [0.05, 0.1) is 25.4 Å². The van der Waals surface area contributed by atoms with Crippen LogP contribution in [0.15, 0.2) is 24.3 Å². The molecule has 4 heteroatoms. The van der Waals surface area contributed by atoms with Gasteiger partial charge in [0.1, 0.15) is 8.24 Å². The lowest BCUT2D eigenvalue weighted by molar-refractivity contribution is -0.133. The van der Waals surface area contributed by atoms with E-state index in [1.165, 1.54) is 0 Å². The Morgan fingerprint density at radius 3 is 2.14 bits per heavy atom. The zero-order valence-electron chi connectivity index (χ0n) is 13.9. The maximum Gasteiger partial charge on any atom is 0.126 e. The van der Waals surface area contributed by atoms with Crippen molar-refractivity contribution in [2.75, 3.05) is 13.2 Å². The molecule has 2 fully saturated rings. The third-order valence-corrected chi connectivity index (χ3v) is 8.70. The van der Waals surface area contributed by atoms with E-state index in [1.807, 2.05) is 0 Å². The van der Waals surface area contributed by atoms with Gasteiger partial charge in [-0.25, -0.2) is 0 Å². The zero-order valence-corrected chi connectivity index (χ0v) is 14.9. The number of nitrogens with one attached hydrogen (secondary N) is 1. The molecule has 1 aliphatic heterocycles. The molecule has 0 spiro atoms. The molecule has 0 aromatic rings. The molecule has 0 amide bonds. The molecular formula is C17H29NO2Si. The smallest absolute Gasteiger partial charge is 0.126 e. The van der Waals surface area contributed by atoms with Crippen molar-refractivity contribution in [3.63, 3.8) is 0 Å². The summed E-state index contributed by atoms with van der Waals surface area (Å²) >= 11 is 0. The number of ether oxygens (including phenoxy) is 2. The summed E-state index contributed by atoms with van der Waals surface area (Å²) in [5, 5.41) is 0. The van der Waals surface area contributed by atoms with Gasteiger partial charge in [-0.2, -0.15) is 0 Å². The van der Waals surface area contributed by atoms with Gasteiger partial charge in [0, 0.05) is 17.0 Å². The van der Waals surface area contributed by atoms with Crippen LogP contribution in [0.2, 0.25) is 18.6 Å². The van der Waals surface area contributed by atoms with Gasteiger partial charge in [0.2, 0.25) is 0 Å². The van der Waals surface area contributed by atoms with Crippen LogP contribution >= 0.6 is 0 Å². The third kappa shape index (κ3) is 2.91. The predicted octanol–water partition coefficient (Wildman–Crippen LogP) is 3.11. The first-order valence-corrected chi connectivity index (χ1v) is 11.2.